The van der Waals surface area contributed by atoms with Gasteiger partial charge in [-0.2, -0.15) is 5.26 Å². The first-order valence-electron chi connectivity index (χ1n) is 6.76. The van der Waals surface area contributed by atoms with E-state index in [0.29, 0.717) is 38.3 Å². The van der Waals surface area contributed by atoms with Crippen molar-refractivity contribution in [3.8, 4) is 6.07 Å². The van der Waals surface area contributed by atoms with Gasteiger partial charge in [0.15, 0.2) is 0 Å². The molecule has 1 aliphatic heterocycles. The smallest absolute Gasteiger partial charge is 0.269 e. The van der Waals surface area contributed by atoms with Crippen molar-refractivity contribution in [1.29, 1.82) is 5.26 Å². The minimum Gasteiger partial charge on any atom is -0.395 e. The van der Waals surface area contributed by atoms with E-state index in [1.54, 1.807) is 6.07 Å². The van der Waals surface area contributed by atoms with E-state index in [9.17, 15) is 15.2 Å². The Kier molecular flexibility index (Phi) is 5.09. The van der Waals surface area contributed by atoms with E-state index in [0.717, 1.165) is 5.69 Å². The van der Waals surface area contributed by atoms with Crippen molar-refractivity contribution < 1.29 is 14.8 Å². The fraction of sp³-hybridized carbons (Fsp3) is 0.500. The van der Waals surface area contributed by atoms with Crippen LogP contribution in [0.25, 0.3) is 0 Å². The van der Waals surface area contributed by atoms with Crippen molar-refractivity contribution in [2.24, 2.45) is 5.92 Å². The van der Waals surface area contributed by atoms with Crippen LogP contribution in [0.5, 0.6) is 0 Å². The molecule has 0 unspecified atom stereocenters. The summed E-state index contributed by atoms with van der Waals surface area (Å²) in [6, 6.07) is 6.69. The van der Waals surface area contributed by atoms with Crippen LogP contribution in [-0.4, -0.2) is 42.9 Å². The highest BCUT2D eigenvalue weighted by atomic mass is 16.6. The maximum atomic E-state index is 10.9. The second-order valence-electron chi connectivity index (χ2n) is 4.88. The molecule has 112 valence electrons. The van der Waals surface area contributed by atoms with Gasteiger partial charge in [-0.05, 0) is 18.1 Å². The molecule has 1 N–H and O–H groups in total. The van der Waals surface area contributed by atoms with Gasteiger partial charge in [0.1, 0.15) is 0 Å². The lowest BCUT2D eigenvalue weighted by Crippen LogP contribution is -2.37. The number of aliphatic hydroxyl groups excluding tert-OH is 1. The Hall–Kier alpha value is -2.17. The predicted molar refractivity (Wildman–Crippen MR) is 76.0 cm³/mol. The lowest BCUT2D eigenvalue weighted by atomic mass is 9.98. The van der Waals surface area contributed by atoms with Gasteiger partial charge in [0, 0.05) is 30.9 Å². The molecule has 0 radical (unpaired) electrons. The maximum Gasteiger partial charge on any atom is 0.269 e. The van der Waals surface area contributed by atoms with Gasteiger partial charge in [-0.3, -0.25) is 10.1 Å². The average Bonchev–Trinajstić information content (AvgIpc) is 2.53. The first-order chi connectivity index (χ1) is 10.2. The SMILES string of the molecule is N#C[C@H](CO)Cc1cc([N+](=O)[O-])ccc1N1CCOCC1. The summed E-state index contributed by atoms with van der Waals surface area (Å²) in [6.07, 6.45) is 0.293. The number of benzene rings is 1. The first-order valence-corrected chi connectivity index (χ1v) is 6.76. The minimum absolute atomic E-state index is 0.00311. The summed E-state index contributed by atoms with van der Waals surface area (Å²) in [5.41, 5.74) is 1.58. The molecule has 0 bridgehead atoms. The Labute approximate surface area is 122 Å². The lowest BCUT2D eigenvalue weighted by Gasteiger charge is -2.30. The molecule has 0 aliphatic carbocycles. The van der Waals surface area contributed by atoms with Crippen LogP contribution in [0.2, 0.25) is 0 Å². The number of nitrogens with zero attached hydrogens (tertiary/aromatic N) is 3. The molecule has 1 fully saturated rings. The molecule has 0 spiro atoms. The van der Waals surface area contributed by atoms with Gasteiger partial charge in [0.25, 0.3) is 5.69 Å². The van der Waals surface area contributed by atoms with E-state index in [4.69, 9.17) is 10.00 Å². The monoisotopic (exact) mass is 291 g/mol. The van der Waals surface area contributed by atoms with E-state index in [1.807, 2.05) is 6.07 Å². The maximum absolute atomic E-state index is 10.9. The van der Waals surface area contributed by atoms with Crippen LogP contribution in [0.3, 0.4) is 0 Å². The van der Waals surface area contributed by atoms with Gasteiger partial charge in [0.05, 0.1) is 36.7 Å². The van der Waals surface area contributed by atoms with Gasteiger partial charge in [-0.15, -0.1) is 0 Å². The lowest BCUT2D eigenvalue weighted by molar-refractivity contribution is -0.384. The Balaban J connectivity index is 2.33. The van der Waals surface area contributed by atoms with Gasteiger partial charge in [-0.1, -0.05) is 0 Å². The van der Waals surface area contributed by atoms with Crippen molar-refractivity contribution in [2.75, 3.05) is 37.8 Å². The molecular weight excluding hydrogens is 274 g/mol. The summed E-state index contributed by atoms with van der Waals surface area (Å²) >= 11 is 0. The van der Waals surface area contributed by atoms with Gasteiger partial charge < -0.3 is 14.7 Å². The number of morpholine rings is 1. The number of aliphatic hydroxyl groups is 1. The second-order valence-corrected chi connectivity index (χ2v) is 4.88. The minimum atomic E-state index is -0.563. The fourth-order valence-electron chi connectivity index (χ4n) is 2.38. The third-order valence-corrected chi connectivity index (χ3v) is 3.49. The number of nitro groups is 1. The molecule has 0 amide bonds. The third kappa shape index (κ3) is 3.68. The standard InChI is InChI=1S/C14H17N3O4/c15-9-11(10-18)7-12-8-13(17(19)20)1-2-14(12)16-3-5-21-6-4-16/h1-2,8,11,18H,3-7,10H2/t11-/m1/s1. The average molecular weight is 291 g/mol. The van der Waals surface area contributed by atoms with Crippen LogP contribution in [-0.2, 0) is 11.2 Å². The Morgan fingerprint density at radius 3 is 2.76 bits per heavy atom. The molecule has 1 atom stereocenters. The van der Waals surface area contributed by atoms with Crippen LogP contribution < -0.4 is 4.90 Å². The molecule has 7 nitrogen and oxygen atoms in total. The Morgan fingerprint density at radius 2 is 2.19 bits per heavy atom. The summed E-state index contributed by atoms with van der Waals surface area (Å²) < 4.78 is 5.30. The zero-order chi connectivity index (χ0) is 15.2. The van der Waals surface area contributed by atoms with E-state index in [-0.39, 0.29) is 12.3 Å². The van der Waals surface area contributed by atoms with Gasteiger partial charge in [0.2, 0.25) is 0 Å². The highest BCUT2D eigenvalue weighted by Gasteiger charge is 2.20. The van der Waals surface area contributed by atoms with Crippen LogP contribution in [0.1, 0.15) is 5.56 Å². The van der Waals surface area contributed by atoms with Crippen molar-refractivity contribution in [2.45, 2.75) is 6.42 Å². The largest absolute Gasteiger partial charge is 0.395 e. The molecular formula is C14H17N3O4. The number of nitriles is 1. The molecule has 1 aromatic rings. The van der Waals surface area contributed by atoms with E-state index in [1.165, 1.54) is 12.1 Å². The van der Waals surface area contributed by atoms with Gasteiger partial charge in [-0.25, -0.2) is 0 Å². The molecule has 1 heterocycles. The predicted octanol–water partition coefficient (Wildman–Crippen LogP) is 1.11. The quantitative estimate of drug-likeness (QED) is 0.644. The fourth-order valence-corrected chi connectivity index (χ4v) is 2.38. The zero-order valence-corrected chi connectivity index (χ0v) is 11.6. The molecule has 2 rings (SSSR count). The Bertz CT molecular complexity index is 550. The molecule has 1 aromatic carbocycles. The summed E-state index contributed by atoms with van der Waals surface area (Å²) in [4.78, 5) is 12.6. The van der Waals surface area contributed by atoms with E-state index < -0.39 is 10.8 Å². The molecule has 0 aromatic heterocycles. The topological polar surface area (TPSA) is 99.6 Å². The van der Waals surface area contributed by atoms with Crippen LogP contribution in [0.15, 0.2) is 18.2 Å². The van der Waals surface area contributed by atoms with Crippen LogP contribution in [0, 0.1) is 27.4 Å². The summed E-state index contributed by atoms with van der Waals surface area (Å²) in [5, 5.41) is 29.1. The van der Waals surface area contributed by atoms with Crippen molar-refractivity contribution in [3.05, 3.63) is 33.9 Å². The van der Waals surface area contributed by atoms with Gasteiger partial charge >= 0.3 is 0 Å². The van der Waals surface area contributed by atoms with E-state index in [2.05, 4.69) is 4.90 Å². The molecule has 1 saturated heterocycles. The number of non-ortho nitro benzene ring substituents is 1. The molecule has 7 heteroatoms. The molecule has 0 saturated carbocycles. The molecule has 1 aliphatic rings. The first kappa shape index (κ1) is 15.2. The second kappa shape index (κ2) is 7.02. The normalized spacial score (nSPS) is 16.3. The highest BCUT2D eigenvalue weighted by Crippen LogP contribution is 2.28. The van der Waals surface area contributed by atoms with Crippen molar-refractivity contribution in [1.82, 2.24) is 0 Å². The van der Waals surface area contributed by atoms with E-state index >= 15 is 0 Å². The number of nitro benzene ring substituents is 1. The zero-order valence-electron chi connectivity index (χ0n) is 11.6. The molecule has 21 heavy (non-hydrogen) atoms. The third-order valence-electron chi connectivity index (χ3n) is 3.49. The number of hydrogen-bond donors (Lipinski definition) is 1. The highest BCUT2D eigenvalue weighted by molar-refractivity contribution is 5.58. The van der Waals surface area contributed by atoms with Crippen LogP contribution >= 0.6 is 0 Å². The summed E-state index contributed by atoms with van der Waals surface area (Å²) in [6.45, 7) is 2.38. The number of rotatable bonds is 5. The summed E-state index contributed by atoms with van der Waals surface area (Å²) in [5.74, 6) is -0.563. The van der Waals surface area contributed by atoms with Crippen molar-refractivity contribution >= 4 is 11.4 Å². The number of anilines is 1. The number of ether oxygens (including phenoxy) is 1. The van der Waals surface area contributed by atoms with Crippen molar-refractivity contribution in [3.63, 3.8) is 0 Å². The Morgan fingerprint density at radius 1 is 1.48 bits per heavy atom. The number of hydrogen-bond acceptors (Lipinski definition) is 6. The van der Waals surface area contributed by atoms with Crippen LogP contribution in [0.4, 0.5) is 11.4 Å². The summed E-state index contributed by atoms with van der Waals surface area (Å²) in [7, 11) is 0.